The van der Waals surface area contributed by atoms with Crippen molar-refractivity contribution in [1.29, 1.82) is 0 Å². The molecule has 5 amide bonds. The second-order valence-corrected chi connectivity index (χ2v) is 14.8. The van der Waals surface area contributed by atoms with Crippen LogP contribution in [0.15, 0.2) is 59.7 Å². The molecule has 0 bridgehead atoms. The number of fused-ring (bicyclic) bond motifs is 2. The first-order valence-electron chi connectivity index (χ1n) is 19.5. The van der Waals surface area contributed by atoms with Gasteiger partial charge in [-0.25, -0.2) is 0 Å². The Morgan fingerprint density at radius 2 is 1.61 bits per heavy atom. The maximum Gasteiger partial charge on any atom is 0.243 e. The number of unbranched alkanes of at least 4 members (excludes halogenated alkanes) is 1. The quantitative estimate of drug-likeness (QED) is 0.0499. The number of aromatic amines is 1. The van der Waals surface area contributed by atoms with Crippen LogP contribution in [0.4, 0.5) is 0 Å². The van der Waals surface area contributed by atoms with Crippen molar-refractivity contribution in [3.63, 3.8) is 0 Å². The minimum Gasteiger partial charge on any atom is -0.370 e. The Balaban J connectivity index is 1.28. The van der Waals surface area contributed by atoms with Crippen molar-refractivity contribution < 1.29 is 24.0 Å². The molecule has 3 aromatic rings. The highest BCUT2D eigenvalue weighted by atomic mass is 16.2. The van der Waals surface area contributed by atoms with Crippen molar-refractivity contribution in [2.45, 2.75) is 95.3 Å². The SMILES string of the molecule is CC1C=Cc2c(C[C@H](NC(=O)[C@H](CCCN=C(N)N)NC(=O)[C@H](CCCCN)NC(=O)[C@@H]3CCCN3C(=O)Cc3cccc4ccccc34)C(N)=O)c[nH]c2C1. The lowest BCUT2D eigenvalue weighted by Crippen LogP contribution is -2.58. The van der Waals surface area contributed by atoms with Gasteiger partial charge in [-0.3, -0.25) is 29.0 Å². The largest absolute Gasteiger partial charge is 0.370 e. The number of hydrogen-bond donors (Lipinski definition) is 8. The van der Waals surface area contributed by atoms with Crippen molar-refractivity contribution in [2.75, 3.05) is 19.6 Å². The molecule has 1 unspecified atom stereocenters. The zero-order valence-corrected chi connectivity index (χ0v) is 32.1. The normalized spacial score (nSPS) is 17.7. The van der Waals surface area contributed by atoms with E-state index in [9.17, 15) is 24.0 Å². The number of primary amides is 1. The average Bonchev–Trinajstić information content (AvgIpc) is 3.83. The van der Waals surface area contributed by atoms with Gasteiger partial charge in [0.25, 0.3) is 0 Å². The minimum absolute atomic E-state index is 0.110. The summed E-state index contributed by atoms with van der Waals surface area (Å²) in [6.45, 7) is 3.13. The summed E-state index contributed by atoms with van der Waals surface area (Å²) in [6.07, 6.45) is 9.97. The number of aliphatic imine (C=N–C) groups is 1. The predicted molar refractivity (Wildman–Crippen MR) is 217 cm³/mol. The number of carbonyl (C=O) groups is 5. The van der Waals surface area contributed by atoms with E-state index in [-0.39, 0.29) is 44.1 Å². The molecule has 1 aliphatic heterocycles. The first-order chi connectivity index (χ1) is 26.9. The Kier molecular flexibility index (Phi) is 14.6. The van der Waals surface area contributed by atoms with Gasteiger partial charge in [0.15, 0.2) is 5.96 Å². The number of rotatable bonds is 19. The summed E-state index contributed by atoms with van der Waals surface area (Å²) in [5.74, 6) is -2.28. The third-order valence-corrected chi connectivity index (χ3v) is 10.5. The van der Waals surface area contributed by atoms with E-state index in [0.29, 0.717) is 51.1 Å². The molecule has 2 aromatic carbocycles. The third kappa shape index (κ3) is 11.0. The number of H-pyrrole nitrogens is 1. The highest BCUT2D eigenvalue weighted by Gasteiger charge is 2.37. The molecular weight excluding hydrogens is 713 g/mol. The Morgan fingerprint density at radius 3 is 2.36 bits per heavy atom. The predicted octanol–water partition coefficient (Wildman–Crippen LogP) is 1.27. The van der Waals surface area contributed by atoms with Crippen LogP contribution in [0.3, 0.4) is 0 Å². The number of likely N-dealkylation sites (tertiary alicyclic amines) is 1. The first kappa shape index (κ1) is 41.5. The molecule has 0 spiro atoms. The van der Waals surface area contributed by atoms with Crippen LogP contribution in [-0.4, -0.2) is 89.2 Å². The van der Waals surface area contributed by atoms with Gasteiger partial charge in [0.05, 0.1) is 6.42 Å². The fourth-order valence-corrected chi connectivity index (χ4v) is 7.56. The molecule has 12 N–H and O–H groups in total. The average molecular weight is 769 g/mol. The van der Waals surface area contributed by atoms with Gasteiger partial charge < -0.3 is 48.8 Å². The summed E-state index contributed by atoms with van der Waals surface area (Å²) in [5.41, 5.74) is 26.3. The third-order valence-electron chi connectivity index (χ3n) is 10.5. The van der Waals surface area contributed by atoms with Crippen LogP contribution in [0.25, 0.3) is 16.8 Å². The van der Waals surface area contributed by atoms with Gasteiger partial charge in [-0.15, -0.1) is 0 Å². The van der Waals surface area contributed by atoms with E-state index in [2.05, 4.69) is 38.9 Å². The zero-order chi connectivity index (χ0) is 40.2. The molecule has 0 saturated carbocycles. The fourth-order valence-electron chi connectivity index (χ4n) is 7.56. The van der Waals surface area contributed by atoms with E-state index in [1.807, 2.05) is 54.7 Å². The molecule has 56 heavy (non-hydrogen) atoms. The number of aromatic nitrogens is 1. The smallest absolute Gasteiger partial charge is 0.243 e. The molecule has 5 atom stereocenters. The van der Waals surface area contributed by atoms with Crippen molar-refractivity contribution in [3.05, 3.63) is 77.1 Å². The van der Waals surface area contributed by atoms with Crippen molar-refractivity contribution in [1.82, 2.24) is 25.8 Å². The number of guanidine groups is 1. The number of carbonyl (C=O) groups excluding carboxylic acids is 5. The van der Waals surface area contributed by atoms with Gasteiger partial charge >= 0.3 is 0 Å². The van der Waals surface area contributed by atoms with Crippen molar-refractivity contribution in [3.8, 4) is 0 Å². The van der Waals surface area contributed by atoms with Crippen LogP contribution < -0.4 is 38.9 Å². The zero-order valence-electron chi connectivity index (χ0n) is 32.1. The second-order valence-electron chi connectivity index (χ2n) is 14.8. The Bertz CT molecular complexity index is 1930. The molecule has 15 heteroatoms. The summed E-state index contributed by atoms with van der Waals surface area (Å²) in [4.78, 5) is 76.9. The van der Waals surface area contributed by atoms with E-state index in [4.69, 9.17) is 22.9 Å². The van der Waals surface area contributed by atoms with Gasteiger partial charge in [-0.2, -0.15) is 0 Å². The van der Waals surface area contributed by atoms with E-state index >= 15 is 0 Å². The summed E-state index contributed by atoms with van der Waals surface area (Å²) in [7, 11) is 0. The second kappa shape index (κ2) is 19.8. The highest BCUT2D eigenvalue weighted by Crippen LogP contribution is 2.26. The lowest BCUT2D eigenvalue weighted by atomic mass is 9.92. The lowest BCUT2D eigenvalue weighted by Gasteiger charge is -2.28. The number of allylic oxidation sites excluding steroid dienone is 1. The van der Waals surface area contributed by atoms with Crippen LogP contribution >= 0.6 is 0 Å². The Labute approximate surface area is 327 Å². The summed E-state index contributed by atoms with van der Waals surface area (Å²) >= 11 is 0. The topological polar surface area (TPSA) is 257 Å². The van der Waals surface area contributed by atoms with Crippen LogP contribution in [0.2, 0.25) is 0 Å². The number of hydrogen-bond acceptors (Lipinski definition) is 7. The van der Waals surface area contributed by atoms with Crippen LogP contribution in [0.1, 0.15) is 74.3 Å². The van der Waals surface area contributed by atoms with Crippen LogP contribution in [-0.2, 0) is 43.2 Å². The molecule has 0 radical (unpaired) electrons. The van der Waals surface area contributed by atoms with E-state index < -0.39 is 47.8 Å². The molecule has 5 rings (SSSR count). The Hall–Kier alpha value is -5.70. The summed E-state index contributed by atoms with van der Waals surface area (Å²) < 4.78 is 0. The lowest BCUT2D eigenvalue weighted by molar-refractivity contribution is -0.139. The number of nitrogens with two attached hydrogens (primary N) is 4. The molecule has 2 aliphatic rings. The van der Waals surface area contributed by atoms with E-state index in [1.54, 1.807) is 4.90 Å². The maximum absolute atomic E-state index is 14.0. The van der Waals surface area contributed by atoms with Crippen LogP contribution in [0, 0.1) is 5.92 Å². The van der Waals surface area contributed by atoms with E-state index in [1.165, 1.54) is 0 Å². The van der Waals surface area contributed by atoms with E-state index in [0.717, 1.165) is 39.6 Å². The molecule has 300 valence electrons. The molecule has 15 nitrogen and oxygen atoms in total. The summed E-state index contributed by atoms with van der Waals surface area (Å²) in [6, 6.07) is 9.72. The molecule has 1 aromatic heterocycles. The van der Waals surface area contributed by atoms with Crippen molar-refractivity contribution >= 4 is 52.3 Å². The molecule has 1 aliphatic carbocycles. The van der Waals surface area contributed by atoms with Gasteiger partial charge in [0.1, 0.15) is 24.2 Å². The highest BCUT2D eigenvalue weighted by molar-refractivity contribution is 5.96. The van der Waals surface area contributed by atoms with Gasteiger partial charge in [0.2, 0.25) is 29.5 Å². The first-order valence-corrected chi connectivity index (χ1v) is 19.5. The van der Waals surface area contributed by atoms with Gasteiger partial charge in [-0.1, -0.05) is 61.5 Å². The molecule has 2 heterocycles. The standard InChI is InChI=1S/C41H56N10O5/c1-25-16-17-30-28(24-47-33(30)21-25)22-34(37(43)53)50-39(55)32(14-7-19-46-41(44)45)48-38(54)31(13-4-5-18-42)49-40(56)35-15-8-20-51(35)36(52)23-27-11-6-10-26-9-2-3-12-29(26)27/h2-3,6,9-12,16-17,24-25,31-32,34-35,47H,4-5,7-8,13-15,18-23,42H2,1H3,(H2,43,53)(H,48,54)(H,49,56)(H,50,55)(H4,44,45,46)/t25?,31-,32-,34-,35-/m0/s1. The molecule has 1 fully saturated rings. The van der Waals surface area contributed by atoms with Gasteiger partial charge in [0, 0.05) is 31.4 Å². The number of amides is 5. The molecular formula is C41H56N10O5. The van der Waals surface area contributed by atoms with Crippen LogP contribution in [0.5, 0.6) is 0 Å². The number of nitrogens with zero attached hydrogens (tertiary/aromatic N) is 2. The maximum atomic E-state index is 14.0. The number of benzene rings is 2. The van der Waals surface area contributed by atoms with Crippen molar-refractivity contribution in [2.24, 2.45) is 33.8 Å². The Morgan fingerprint density at radius 1 is 0.893 bits per heavy atom. The minimum atomic E-state index is -1.11. The van der Waals surface area contributed by atoms with Gasteiger partial charge in [-0.05, 0) is 91.3 Å². The summed E-state index contributed by atoms with van der Waals surface area (Å²) in [5, 5.41) is 10.5. The number of nitrogens with one attached hydrogen (secondary N) is 4. The fraction of sp³-hybridized carbons (Fsp3) is 0.463. The monoisotopic (exact) mass is 768 g/mol. The molecule has 1 saturated heterocycles.